The molecule has 4 heterocycles. The summed E-state index contributed by atoms with van der Waals surface area (Å²) in [7, 11) is -1.91. The van der Waals surface area contributed by atoms with Gasteiger partial charge in [0.25, 0.3) is 0 Å². The summed E-state index contributed by atoms with van der Waals surface area (Å²) < 4.78 is 55.8. The Balaban J connectivity index is 1.45. The summed E-state index contributed by atoms with van der Waals surface area (Å²) in [5.41, 5.74) is 0.462. The Labute approximate surface area is 224 Å². The number of rotatable bonds is 8. The van der Waals surface area contributed by atoms with E-state index in [9.17, 15) is 17.6 Å². The minimum Gasteiger partial charge on any atom is -0.345 e. The van der Waals surface area contributed by atoms with E-state index in [2.05, 4.69) is 36.8 Å². The summed E-state index contributed by atoms with van der Waals surface area (Å²) in [4.78, 5) is 34.0. The second-order valence-corrected chi connectivity index (χ2v) is 11.3. The van der Waals surface area contributed by atoms with Gasteiger partial charge in [0.1, 0.15) is 17.2 Å². The Morgan fingerprint density at radius 1 is 1.03 bits per heavy atom. The van der Waals surface area contributed by atoms with Crippen LogP contribution < -0.4 is 9.62 Å². The number of pyridine rings is 1. The van der Waals surface area contributed by atoms with Crippen LogP contribution in [0.4, 0.5) is 20.4 Å². The smallest absolute Gasteiger partial charge is 0.232 e. The number of H-pyrrole nitrogens is 1. The number of benzene rings is 1. The first-order valence-corrected chi connectivity index (χ1v) is 14.1. The fraction of sp³-hybridized carbons (Fsp3) is 0.308. The van der Waals surface area contributed by atoms with Gasteiger partial charge in [0, 0.05) is 73.0 Å². The van der Waals surface area contributed by atoms with Crippen molar-refractivity contribution in [3.8, 4) is 11.1 Å². The summed E-state index contributed by atoms with van der Waals surface area (Å²) >= 11 is 0. The zero-order valence-electron chi connectivity index (χ0n) is 21.4. The van der Waals surface area contributed by atoms with Gasteiger partial charge >= 0.3 is 0 Å². The number of carbonyl (C=O) groups excluding carboxylic acids is 1. The number of ketones is 1. The molecular weight excluding hydrogens is 528 g/mol. The molecular formula is C26H27F2N7O3S. The second kappa shape index (κ2) is 10.7. The summed E-state index contributed by atoms with van der Waals surface area (Å²) in [6, 6.07) is 3.57. The highest BCUT2D eigenvalue weighted by molar-refractivity contribution is 7.92. The number of carbonyl (C=O) groups is 1. The number of anilines is 2. The Hall–Kier alpha value is -3.97. The highest BCUT2D eigenvalue weighted by Gasteiger charge is 2.25. The van der Waals surface area contributed by atoms with Crippen LogP contribution in [-0.2, 0) is 10.0 Å². The van der Waals surface area contributed by atoms with Crippen LogP contribution in [-0.4, -0.2) is 78.0 Å². The van der Waals surface area contributed by atoms with Crippen LogP contribution in [0.2, 0.25) is 0 Å². The molecule has 0 saturated carbocycles. The monoisotopic (exact) mass is 555 g/mol. The molecule has 3 aromatic heterocycles. The first-order chi connectivity index (χ1) is 18.7. The van der Waals surface area contributed by atoms with Gasteiger partial charge in [-0.15, -0.1) is 0 Å². The zero-order valence-corrected chi connectivity index (χ0v) is 22.2. The number of nitrogens with zero attached hydrogens (tertiary/aromatic N) is 5. The third-order valence-corrected chi connectivity index (χ3v) is 8.06. The molecule has 0 amide bonds. The topological polar surface area (TPSA) is 124 Å². The highest BCUT2D eigenvalue weighted by atomic mass is 32.2. The highest BCUT2D eigenvalue weighted by Crippen LogP contribution is 2.29. The van der Waals surface area contributed by atoms with Crippen LogP contribution in [0.1, 0.15) is 29.3 Å². The molecule has 39 heavy (non-hydrogen) atoms. The van der Waals surface area contributed by atoms with Crippen molar-refractivity contribution in [2.24, 2.45) is 0 Å². The van der Waals surface area contributed by atoms with Gasteiger partial charge in [-0.3, -0.25) is 9.52 Å². The summed E-state index contributed by atoms with van der Waals surface area (Å²) in [6.07, 6.45) is 6.63. The van der Waals surface area contributed by atoms with E-state index in [1.165, 1.54) is 6.20 Å². The molecule has 0 unspecified atom stereocenters. The van der Waals surface area contributed by atoms with Crippen molar-refractivity contribution in [1.29, 1.82) is 0 Å². The lowest BCUT2D eigenvalue weighted by Gasteiger charge is -2.32. The van der Waals surface area contributed by atoms with Crippen molar-refractivity contribution in [1.82, 2.24) is 24.8 Å². The van der Waals surface area contributed by atoms with E-state index in [4.69, 9.17) is 0 Å². The molecule has 0 bridgehead atoms. The van der Waals surface area contributed by atoms with E-state index in [1.54, 1.807) is 31.6 Å². The number of likely N-dealkylation sites (N-methyl/N-ethyl adjacent to an activating group) is 1. The number of aromatic nitrogens is 4. The molecule has 1 aliphatic rings. The molecule has 204 valence electrons. The first kappa shape index (κ1) is 26.6. The van der Waals surface area contributed by atoms with Gasteiger partial charge in [0.15, 0.2) is 11.6 Å². The van der Waals surface area contributed by atoms with Gasteiger partial charge in [-0.1, -0.05) is 6.92 Å². The number of fused-ring (bicyclic) bond motifs is 1. The van der Waals surface area contributed by atoms with Crippen molar-refractivity contribution in [2.75, 3.05) is 48.6 Å². The first-order valence-electron chi connectivity index (χ1n) is 12.4. The van der Waals surface area contributed by atoms with Gasteiger partial charge in [0.05, 0.1) is 11.3 Å². The Kier molecular flexibility index (Phi) is 7.28. The number of halogens is 2. The fourth-order valence-corrected chi connectivity index (χ4v) is 5.57. The molecule has 13 heteroatoms. The average molecular weight is 556 g/mol. The summed E-state index contributed by atoms with van der Waals surface area (Å²) in [5, 5.41) is 0.414. The molecule has 0 aliphatic carbocycles. The van der Waals surface area contributed by atoms with E-state index < -0.39 is 38.7 Å². The van der Waals surface area contributed by atoms with E-state index in [0.717, 1.165) is 38.3 Å². The van der Waals surface area contributed by atoms with Crippen molar-refractivity contribution < 1.29 is 22.0 Å². The third-order valence-electron chi connectivity index (χ3n) is 6.60. The van der Waals surface area contributed by atoms with Gasteiger partial charge in [-0.05, 0) is 31.7 Å². The Morgan fingerprint density at radius 3 is 2.41 bits per heavy atom. The van der Waals surface area contributed by atoms with Crippen LogP contribution in [0.5, 0.6) is 0 Å². The van der Waals surface area contributed by atoms with Gasteiger partial charge in [0.2, 0.25) is 16.0 Å². The van der Waals surface area contributed by atoms with Crippen LogP contribution in [0.25, 0.3) is 22.2 Å². The molecule has 5 rings (SSSR count). The van der Waals surface area contributed by atoms with Crippen LogP contribution >= 0.6 is 0 Å². The number of aromatic amines is 1. The van der Waals surface area contributed by atoms with Gasteiger partial charge < -0.3 is 14.8 Å². The zero-order chi connectivity index (χ0) is 27.7. The van der Waals surface area contributed by atoms with E-state index in [0.29, 0.717) is 28.1 Å². The largest absolute Gasteiger partial charge is 0.345 e. The minimum atomic E-state index is -3.98. The second-order valence-electron chi connectivity index (χ2n) is 9.42. The van der Waals surface area contributed by atoms with Crippen molar-refractivity contribution in [3.05, 3.63) is 65.7 Å². The normalized spacial score (nSPS) is 14.6. The minimum absolute atomic E-state index is 0.0993. The molecule has 0 radical (unpaired) electrons. The number of hydrogen-bond donors (Lipinski definition) is 2. The summed E-state index contributed by atoms with van der Waals surface area (Å²) in [5.74, 6) is -2.84. The van der Waals surface area contributed by atoms with Crippen molar-refractivity contribution >= 4 is 38.5 Å². The predicted octanol–water partition coefficient (Wildman–Crippen LogP) is 3.43. The standard InChI is InChI=1S/C26H27F2N7O3S/c1-3-10-39(37,38)33-23-21(27)5-4-18(22(23)28)24(36)20-15-30-25-19(20)11-16(12-29-25)17-13-31-26(32-14-17)35-8-6-34(2)7-9-35/h4-5,11-15,33H,3,6-10H2,1-2H3,(H,29,30). The maximum atomic E-state index is 15.3. The maximum absolute atomic E-state index is 15.3. The van der Waals surface area contributed by atoms with Gasteiger partial charge in [-0.2, -0.15) is 0 Å². The van der Waals surface area contributed by atoms with E-state index in [1.807, 2.05) is 4.72 Å². The SMILES string of the molecule is CCCS(=O)(=O)Nc1c(F)ccc(C(=O)c2c[nH]c3ncc(-c4cnc(N5CCN(C)CC5)nc4)cc23)c1F. The molecule has 0 atom stereocenters. The fourth-order valence-electron chi connectivity index (χ4n) is 4.43. The number of nitrogens with one attached hydrogen (secondary N) is 2. The van der Waals surface area contributed by atoms with Crippen LogP contribution in [0, 0.1) is 11.6 Å². The lowest BCUT2D eigenvalue weighted by atomic mass is 10.0. The molecule has 2 N–H and O–H groups in total. The predicted molar refractivity (Wildman–Crippen MR) is 144 cm³/mol. The van der Waals surface area contributed by atoms with Crippen molar-refractivity contribution in [3.63, 3.8) is 0 Å². The molecule has 1 saturated heterocycles. The quantitative estimate of drug-likeness (QED) is 0.317. The average Bonchev–Trinajstić information content (AvgIpc) is 3.35. The number of sulfonamides is 1. The van der Waals surface area contributed by atoms with Crippen molar-refractivity contribution in [2.45, 2.75) is 13.3 Å². The maximum Gasteiger partial charge on any atom is 0.232 e. The number of piperazine rings is 1. The van der Waals surface area contributed by atoms with Crippen LogP contribution in [0.15, 0.2) is 43.0 Å². The molecule has 10 nitrogen and oxygen atoms in total. The Morgan fingerprint density at radius 2 is 1.72 bits per heavy atom. The molecule has 1 aliphatic heterocycles. The molecule has 1 aromatic carbocycles. The lowest BCUT2D eigenvalue weighted by Crippen LogP contribution is -2.45. The third kappa shape index (κ3) is 5.45. The van der Waals surface area contributed by atoms with E-state index in [-0.39, 0.29) is 17.7 Å². The molecule has 1 fully saturated rings. The van der Waals surface area contributed by atoms with Gasteiger partial charge in [-0.25, -0.2) is 32.2 Å². The Bertz CT molecular complexity index is 1630. The lowest BCUT2D eigenvalue weighted by molar-refractivity contribution is 0.103. The number of hydrogen-bond acceptors (Lipinski definition) is 8. The van der Waals surface area contributed by atoms with Crippen LogP contribution in [0.3, 0.4) is 0 Å². The molecule has 0 spiro atoms. The van der Waals surface area contributed by atoms with E-state index >= 15 is 4.39 Å². The molecule has 4 aromatic rings. The summed E-state index contributed by atoms with van der Waals surface area (Å²) in [6.45, 7) is 5.15.